The first-order valence-electron chi connectivity index (χ1n) is 6.33. The van der Waals surface area contributed by atoms with Gasteiger partial charge in [0.05, 0.1) is 12.6 Å². The molecule has 0 atom stereocenters. The summed E-state index contributed by atoms with van der Waals surface area (Å²) >= 11 is 0. The summed E-state index contributed by atoms with van der Waals surface area (Å²) in [4.78, 5) is 21.7. The van der Waals surface area contributed by atoms with Crippen molar-refractivity contribution in [2.45, 2.75) is 26.3 Å². The zero-order chi connectivity index (χ0) is 13.8. The number of aromatic nitrogens is 1. The van der Waals surface area contributed by atoms with E-state index in [4.69, 9.17) is 4.74 Å². The standard InChI is InChI=1S/C15H17NO3/c1-3-11-7-13(19-2)8-14-12(10-18)9-16(15(11)14)5-4-6-17/h6-10H,3-5H2,1-2H3. The smallest absolute Gasteiger partial charge is 0.152 e. The Morgan fingerprint density at radius 2 is 2.11 bits per heavy atom. The number of methoxy groups -OCH3 is 1. The lowest BCUT2D eigenvalue weighted by Gasteiger charge is -2.09. The van der Waals surface area contributed by atoms with E-state index in [1.807, 2.05) is 16.7 Å². The fourth-order valence-electron chi connectivity index (χ4n) is 2.38. The molecule has 100 valence electrons. The largest absolute Gasteiger partial charge is 0.497 e. The van der Waals surface area contributed by atoms with Crippen LogP contribution in [0.15, 0.2) is 18.3 Å². The zero-order valence-electron chi connectivity index (χ0n) is 11.2. The van der Waals surface area contributed by atoms with Crippen molar-refractivity contribution in [3.05, 3.63) is 29.5 Å². The van der Waals surface area contributed by atoms with Gasteiger partial charge in [0.25, 0.3) is 0 Å². The first kappa shape index (κ1) is 13.3. The summed E-state index contributed by atoms with van der Waals surface area (Å²) in [6.07, 6.45) is 4.83. The summed E-state index contributed by atoms with van der Waals surface area (Å²) in [7, 11) is 1.62. The Balaban J connectivity index is 2.70. The first-order valence-corrected chi connectivity index (χ1v) is 6.33. The fourth-order valence-corrected chi connectivity index (χ4v) is 2.38. The Bertz CT molecular complexity index is 613. The average Bonchev–Trinajstić information content (AvgIpc) is 2.81. The number of hydrogen-bond acceptors (Lipinski definition) is 3. The van der Waals surface area contributed by atoms with E-state index in [2.05, 4.69) is 6.92 Å². The SMILES string of the molecule is CCc1cc(OC)cc2c(C=O)cn(CCC=O)c12. The van der Waals surface area contributed by atoms with Crippen molar-refractivity contribution in [3.63, 3.8) is 0 Å². The number of ether oxygens (including phenoxy) is 1. The van der Waals surface area contributed by atoms with Crippen LogP contribution in [0.1, 0.15) is 29.3 Å². The minimum atomic E-state index is 0.442. The quantitative estimate of drug-likeness (QED) is 0.749. The molecule has 0 N–H and O–H groups in total. The van der Waals surface area contributed by atoms with E-state index in [-0.39, 0.29) is 0 Å². The lowest BCUT2D eigenvalue weighted by molar-refractivity contribution is -0.108. The van der Waals surface area contributed by atoms with Crippen LogP contribution in [0.3, 0.4) is 0 Å². The van der Waals surface area contributed by atoms with E-state index >= 15 is 0 Å². The summed E-state index contributed by atoms with van der Waals surface area (Å²) < 4.78 is 7.25. The molecule has 1 heterocycles. The van der Waals surface area contributed by atoms with Crippen molar-refractivity contribution >= 4 is 23.5 Å². The number of aldehydes is 2. The summed E-state index contributed by atoms with van der Waals surface area (Å²) in [5.74, 6) is 0.751. The van der Waals surface area contributed by atoms with Crippen LogP contribution in [-0.4, -0.2) is 24.2 Å². The predicted molar refractivity (Wildman–Crippen MR) is 73.9 cm³/mol. The molecule has 2 aromatic rings. The third kappa shape index (κ3) is 2.38. The highest BCUT2D eigenvalue weighted by Gasteiger charge is 2.13. The first-order chi connectivity index (χ1) is 9.24. The lowest BCUT2D eigenvalue weighted by Crippen LogP contribution is -1.99. The molecule has 0 aliphatic rings. The van der Waals surface area contributed by atoms with E-state index in [9.17, 15) is 9.59 Å². The summed E-state index contributed by atoms with van der Waals surface area (Å²) in [6.45, 7) is 2.65. The summed E-state index contributed by atoms with van der Waals surface area (Å²) in [5, 5.41) is 0.886. The third-order valence-corrected chi connectivity index (χ3v) is 3.29. The number of fused-ring (bicyclic) bond motifs is 1. The van der Waals surface area contributed by atoms with Gasteiger partial charge in [-0.05, 0) is 24.1 Å². The van der Waals surface area contributed by atoms with E-state index in [0.717, 1.165) is 41.2 Å². The second-order valence-electron chi connectivity index (χ2n) is 4.39. The van der Waals surface area contributed by atoms with Gasteiger partial charge in [-0.25, -0.2) is 0 Å². The molecule has 4 nitrogen and oxygen atoms in total. The molecule has 0 unspecified atom stereocenters. The van der Waals surface area contributed by atoms with Crippen LogP contribution >= 0.6 is 0 Å². The van der Waals surface area contributed by atoms with Gasteiger partial charge >= 0.3 is 0 Å². The molecule has 0 spiro atoms. The molecule has 1 aromatic heterocycles. The molecular formula is C15H17NO3. The van der Waals surface area contributed by atoms with Gasteiger partial charge in [0.1, 0.15) is 12.0 Å². The van der Waals surface area contributed by atoms with Crippen molar-refractivity contribution in [2.75, 3.05) is 7.11 Å². The zero-order valence-corrected chi connectivity index (χ0v) is 11.2. The van der Waals surface area contributed by atoms with Crippen LogP contribution < -0.4 is 4.74 Å². The van der Waals surface area contributed by atoms with Crippen molar-refractivity contribution in [1.82, 2.24) is 4.57 Å². The second kappa shape index (κ2) is 5.69. The number of rotatable bonds is 6. The van der Waals surface area contributed by atoms with Crippen LogP contribution in [0.4, 0.5) is 0 Å². The van der Waals surface area contributed by atoms with Gasteiger partial charge in [-0.3, -0.25) is 4.79 Å². The number of benzene rings is 1. The van der Waals surface area contributed by atoms with Gasteiger partial charge < -0.3 is 14.1 Å². The Labute approximate surface area is 112 Å². The van der Waals surface area contributed by atoms with Crippen molar-refractivity contribution in [3.8, 4) is 5.75 Å². The highest BCUT2D eigenvalue weighted by atomic mass is 16.5. The number of carbonyl (C=O) groups is 2. The van der Waals surface area contributed by atoms with Gasteiger partial charge in [-0.1, -0.05) is 6.92 Å². The molecule has 0 fully saturated rings. The van der Waals surface area contributed by atoms with E-state index in [0.29, 0.717) is 18.5 Å². The molecule has 0 aliphatic carbocycles. The average molecular weight is 259 g/mol. The summed E-state index contributed by atoms with van der Waals surface area (Å²) in [5.41, 5.74) is 2.77. The molecule has 0 saturated heterocycles. The Morgan fingerprint density at radius 1 is 1.32 bits per heavy atom. The van der Waals surface area contributed by atoms with Gasteiger partial charge in [-0.2, -0.15) is 0 Å². The molecule has 19 heavy (non-hydrogen) atoms. The maximum absolute atomic E-state index is 11.2. The van der Waals surface area contributed by atoms with Gasteiger partial charge in [0.2, 0.25) is 0 Å². The van der Waals surface area contributed by atoms with Gasteiger partial charge in [0, 0.05) is 30.1 Å². The van der Waals surface area contributed by atoms with Crippen molar-refractivity contribution in [2.24, 2.45) is 0 Å². The molecule has 1 aromatic carbocycles. The predicted octanol–water partition coefficient (Wildman–Crippen LogP) is 2.61. The van der Waals surface area contributed by atoms with Gasteiger partial charge in [0.15, 0.2) is 6.29 Å². The number of carbonyl (C=O) groups excluding carboxylic acids is 2. The van der Waals surface area contributed by atoms with Crippen LogP contribution in [0.25, 0.3) is 10.9 Å². The maximum atomic E-state index is 11.2. The van der Waals surface area contributed by atoms with E-state index < -0.39 is 0 Å². The van der Waals surface area contributed by atoms with E-state index in [1.54, 1.807) is 13.3 Å². The lowest BCUT2D eigenvalue weighted by atomic mass is 10.1. The molecule has 2 rings (SSSR count). The van der Waals surface area contributed by atoms with E-state index in [1.165, 1.54) is 0 Å². The van der Waals surface area contributed by atoms with Gasteiger partial charge in [-0.15, -0.1) is 0 Å². The minimum absolute atomic E-state index is 0.442. The molecule has 0 saturated carbocycles. The summed E-state index contributed by atoms with van der Waals surface area (Å²) in [6, 6.07) is 3.85. The highest BCUT2D eigenvalue weighted by Crippen LogP contribution is 2.29. The molecule has 4 heteroatoms. The molecule has 0 bridgehead atoms. The van der Waals surface area contributed by atoms with Crippen molar-refractivity contribution < 1.29 is 14.3 Å². The second-order valence-corrected chi connectivity index (χ2v) is 4.39. The molecular weight excluding hydrogens is 242 g/mol. The number of hydrogen-bond donors (Lipinski definition) is 0. The van der Waals surface area contributed by atoms with Crippen molar-refractivity contribution in [1.29, 1.82) is 0 Å². The molecule has 0 amide bonds. The maximum Gasteiger partial charge on any atom is 0.152 e. The number of nitrogens with zero attached hydrogens (tertiary/aromatic N) is 1. The topological polar surface area (TPSA) is 48.3 Å². The highest BCUT2D eigenvalue weighted by molar-refractivity contribution is 5.99. The van der Waals surface area contributed by atoms with Crippen LogP contribution in [0, 0.1) is 0 Å². The van der Waals surface area contributed by atoms with Crippen LogP contribution in [0.2, 0.25) is 0 Å². The monoisotopic (exact) mass is 259 g/mol. The number of aryl methyl sites for hydroxylation is 2. The Hall–Kier alpha value is -2.10. The third-order valence-electron chi connectivity index (χ3n) is 3.29. The van der Waals surface area contributed by atoms with Crippen LogP contribution in [-0.2, 0) is 17.8 Å². The normalized spacial score (nSPS) is 10.6. The Morgan fingerprint density at radius 3 is 2.68 bits per heavy atom. The molecule has 0 aliphatic heterocycles. The Kier molecular flexibility index (Phi) is 4.00. The fraction of sp³-hybridized carbons (Fsp3) is 0.333. The molecule has 0 radical (unpaired) electrons. The minimum Gasteiger partial charge on any atom is -0.497 e. The van der Waals surface area contributed by atoms with Crippen LogP contribution in [0.5, 0.6) is 5.75 Å².